The molecule has 0 aliphatic heterocycles. The lowest BCUT2D eigenvalue weighted by Crippen LogP contribution is -2.27. The molecule has 6 aliphatic rings. The van der Waals surface area contributed by atoms with Crippen molar-refractivity contribution < 1.29 is 71.1 Å². The number of benzene rings is 3. The fourth-order valence-electron chi connectivity index (χ4n) is 16.2. The van der Waals surface area contributed by atoms with E-state index in [4.69, 9.17) is 16.7 Å². The van der Waals surface area contributed by atoms with Crippen LogP contribution in [0.4, 0.5) is 13.2 Å². The first-order valence-electron chi connectivity index (χ1n) is 44.0. The fourth-order valence-corrected chi connectivity index (χ4v) is 31.9. The number of carbonyl (C=O) groups is 5. The van der Waals surface area contributed by atoms with Crippen molar-refractivity contribution in [1.29, 1.82) is 0 Å². The summed E-state index contributed by atoms with van der Waals surface area (Å²) < 4.78 is 74.0. The minimum Gasteiger partial charge on any atom is -0.480 e. The molecule has 6 aliphatic carbocycles. The average molecular weight is 2430 g/mol. The SMILES string of the molecule is CC(C)(Sc1nnc(Br)n1-c1sc(C2CC2)c2c1CCCC2)C(=O)O.CC(C)C(Sc1nnc(Br)n1-c1sc(C2CC2)c2c1CCCC2)C(=O)O.CC(Sc1nnc(Br)n1-c1sc(-c2ccc(C(F)(F)F)cc2)c2c1CCCC2)C(=O)O.CC(Sc1nnc(Br)n1-c1sc(-c2ccc(S(C)(=O)=O)cc2)c2c1CCCC2)C(=O)O.Cc1cc(-n2c(Br)nnc2SC(C)C(=O)O)sc1-c1ccc(Cl)cc1. The van der Waals surface area contributed by atoms with Crippen molar-refractivity contribution in [3.63, 3.8) is 0 Å². The van der Waals surface area contributed by atoms with Crippen LogP contribution in [0.15, 0.2) is 133 Å². The summed E-state index contributed by atoms with van der Waals surface area (Å²) in [5.41, 5.74) is 13.9. The van der Waals surface area contributed by atoms with Gasteiger partial charge in [0.15, 0.2) is 35.6 Å². The smallest absolute Gasteiger partial charge is 0.416 e. The van der Waals surface area contributed by atoms with Gasteiger partial charge in [-0.1, -0.05) is 121 Å². The van der Waals surface area contributed by atoms with Crippen LogP contribution in [0.25, 0.3) is 56.3 Å². The van der Waals surface area contributed by atoms with Gasteiger partial charge in [-0.25, -0.2) is 8.42 Å². The van der Waals surface area contributed by atoms with Crippen LogP contribution in [0.1, 0.15) is 203 Å². The lowest BCUT2D eigenvalue weighted by Gasteiger charge is -2.19. The Morgan fingerprint density at radius 3 is 1.10 bits per heavy atom. The van der Waals surface area contributed by atoms with Crippen LogP contribution in [0, 0.1) is 12.8 Å². The third kappa shape index (κ3) is 24.1. The largest absolute Gasteiger partial charge is 0.480 e. The third-order valence-electron chi connectivity index (χ3n) is 23.6. The number of halogens is 9. The molecule has 138 heavy (non-hydrogen) atoms. The van der Waals surface area contributed by atoms with Crippen molar-refractivity contribution in [2.75, 3.05) is 6.26 Å². The number of carboxylic acid groups (broad SMARTS) is 5. The maximum atomic E-state index is 13.0. The number of aryl methyl sites for hydroxylation is 1. The minimum atomic E-state index is -4.38. The number of aromatic nitrogens is 15. The Morgan fingerprint density at radius 2 is 0.746 bits per heavy atom. The van der Waals surface area contributed by atoms with E-state index >= 15 is 0 Å². The number of alkyl halides is 3. The molecule has 0 bridgehead atoms. The van der Waals surface area contributed by atoms with Crippen molar-refractivity contribution in [2.24, 2.45) is 5.92 Å². The van der Waals surface area contributed by atoms with E-state index in [1.54, 1.807) is 94.9 Å². The zero-order valence-corrected chi connectivity index (χ0v) is 93.1. The van der Waals surface area contributed by atoms with E-state index in [1.807, 2.05) is 104 Å². The summed E-state index contributed by atoms with van der Waals surface area (Å²) in [6.45, 7) is 14.1. The quantitative estimate of drug-likeness (QED) is 0.0299. The zero-order valence-electron chi connectivity index (χ0n) is 75.4. The monoisotopic (exact) mass is 2420 g/mol. The van der Waals surface area contributed by atoms with Gasteiger partial charge in [0.2, 0.25) is 23.7 Å². The number of nitrogens with zero attached hydrogens (tertiary/aromatic N) is 15. The predicted octanol–water partition coefficient (Wildman–Crippen LogP) is 26.0. The van der Waals surface area contributed by atoms with Crippen molar-refractivity contribution in [3.05, 3.63) is 173 Å². The molecule has 10 aromatic heterocycles. The Morgan fingerprint density at radius 1 is 0.428 bits per heavy atom. The molecule has 0 radical (unpaired) electrons. The number of hydrogen-bond donors (Lipinski definition) is 5. The van der Waals surface area contributed by atoms with Gasteiger partial charge in [-0.15, -0.1) is 108 Å². The normalized spacial score (nSPS) is 15.6. The van der Waals surface area contributed by atoms with Gasteiger partial charge in [-0.05, 0) is 377 Å². The van der Waals surface area contributed by atoms with Gasteiger partial charge in [0.25, 0.3) is 0 Å². The first-order chi connectivity index (χ1) is 65.5. The molecule has 13 aromatic rings. The van der Waals surface area contributed by atoms with Crippen LogP contribution >= 0.6 is 207 Å². The Balaban J connectivity index is 0.000000131. The molecule has 0 spiro atoms. The van der Waals surface area contributed by atoms with Crippen LogP contribution < -0.4 is 0 Å². The Bertz CT molecular complexity index is 6840. The molecule has 0 amide bonds. The topological polar surface area (TPSA) is 374 Å². The molecule has 0 saturated heterocycles. The maximum absolute atomic E-state index is 13.0. The lowest BCUT2D eigenvalue weighted by molar-refractivity contribution is -0.139. The Hall–Kier alpha value is -6.61. The van der Waals surface area contributed by atoms with Gasteiger partial charge in [0.05, 0.1) is 10.5 Å². The summed E-state index contributed by atoms with van der Waals surface area (Å²) in [5, 5.41) is 94.4. The molecule has 2 fully saturated rings. The summed E-state index contributed by atoms with van der Waals surface area (Å²) in [5.74, 6) is -2.93. The molecule has 3 aromatic carbocycles. The zero-order chi connectivity index (χ0) is 99.0. The first kappa shape index (κ1) is 106. The summed E-state index contributed by atoms with van der Waals surface area (Å²) in [4.78, 5) is 63.5. The molecule has 5 N–H and O–H groups in total. The first-order valence-corrected chi connectivity index (χ1v) is 58.7. The van der Waals surface area contributed by atoms with E-state index < -0.39 is 77.2 Å². The number of aliphatic carboxylic acids is 5. The number of fused-ring (bicyclic) bond motifs is 4. The standard InChI is InChI=1S/C20H17BrF3N3O2S2.C20H20BrN3O4S3.C18H22BrN3O2S2.C17H20BrN3O2S2.C16H13BrClN3O2S2/c1-10(17(28)29)30-19-26-25-18(21)27(19)16-14-5-3-2-4-13(14)15(31-16)11-6-8-12(9-7-11)20(22,23)24;1-11(18(25)26)29-20-23-22-19(21)24(20)17-15-6-4-3-5-14(15)16(30-17)12-7-9-13(10-8-12)31(2,27)28;1-9(2)13(16(23)24)26-18-21-20-17(19)22(18)15-12-6-4-3-5-11(12)14(25-15)10-7-8-10;1-17(2,14(22)23)25-16-20-19-15(18)21(16)13-11-6-4-3-5-10(11)12(24-13)9-7-8-9;1-8-7-12(25-13(8)10-3-5-11(18)6-4-10)21-15(17)19-20-16(21)24-9(2)14(22)23/h6-10H,2-5H2,1H3,(H,28,29);7-11H,3-6H2,1-2H3,(H,25,26);9-10,13H,3-8H2,1-2H3,(H,23,24);9H,3-8H2,1-2H3,(H,22,23);3-7,9H,1-2H3,(H,22,23). The maximum Gasteiger partial charge on any atom is 0.416 e. The van der Waals surface area contributed by atoms with Gasteiger partial charge in [0.1, 0.15) is 50.8 Å². The summed E-state index contributed by atoms with van der Waals surface area (Å²) in [7, 11) is -3.25. The molecule has 4 atom stereocenters. The van der Waals surface area contributed by atoms with E-state index in [1.165, 1.54) is 150 Å². The summed E-state index contributed by atoms with van der Waals surface area (Å²) >= 11 is 37.7. The van der Waals surface area contributed by atoms with Crippen LogP contribution in [-0.2, 0) is 91.4 Å². The Labute approximate surface area is 881 Å². The van der Waals surface area contributed by atoms with E-state index in [-0.39, 0.29) is 5.92 Å². The number of thiophene rings is 5. The second kappa shape index (κ2) is 44.9. The lowest BCUT2D eigenvalue weighted by atomic mass is 9.91. The number of thioether (sulfide) groups is 5. The van der Waals surface area contributed by atoms with Crippen LogP contribution in [0.5, 0.6) is 0 Å². The van der Waals surface area contributed by atoms with E-state index in [9.17, 15) is 66.0 Å². The highest BCUT2D eigenvalue weighted by molar-refractivity contribution is 9.11. The van der Waals surface area contributed by atoms with Crippen molar-refractivity contribution in [1.82, 2.24) is 73.8 Å². The molecule has 19 rings (SSSR count). The van der Waals surface area contributed by atoms with Crippen LogP contribution in [-0.4, -0.2) is 170 Å². The van der Waals surface area contributed by atoms with E-state index in [2.05, 4.69) is 131 Å². The van der Waals surface area contributed by atoms with Crippen LogP contribution in [0.2, 0.25) is 5.02 Å². The molecule has 10 heterocycles. The average Bonchev–Trinajstić information content (AvgIpc) is 1.61. The number of rotatable bonds is 27. The Kier molecular flexibility index (Phi) is 34.4. The third-order valence-corrected chi connectivity index (χ3v) is 40.0. The van der Waals surface area contributed by atoms with Gasteiger partial charge in [0, 0.05) is 35.7 Å². The molecule has 4 unspecified atom stereocenters. The molecule has 732 valence electrons. The van der Waals surface area contributed by atoms with Crippen molar-refractivity contribution in [2.45, 2.75) is 258 Å². The molecule has 2 saturated carbocycles. The highest BCUT2D eigenvalue weighted by atomic mass is 79.9. The molecule has 27 nitrogen and oxygen atoms in total. The second-order valence-corrected chi connectivity index (χ2v) is 52.2. The minimum absolute atomic E-state index is 0.0145. The van der Waals surface area contributed by atoms with Crippen molar-refractivity contribution >= 4 is 246 Å². The van der Waals surface area contributed by atoms with Gasteiger partial charge < -0.3 is 25.5 Å². The number of carboxylic acids is 5. The molecular weight excluding hydrogens is 2340 g/mol. The van der Waals surface area contributed by atoms with Gasteiger partial charge in [-0.2, -0.15) is 13.2 Å². The highest BCUT2D eigenvalue weighted by Crippen LogP contribution is 2.55. The summed E-state index contributed by atoms with van der Waals surface area (Å²) in [6, 6.07) is 21.9. The fraction of sp³-hybridized carbons (Fsp3) is 0.418. The molecule has 47 heteroatoms. The summed E-state index contributed by atoms with van der Waals surface area (Å²) in [6.07, 6.45) is 19.2. The van der Waals surface area contributed by atoms with Crippen molar-refractivity contribution in [3.8, 4) is 56.3 Å². The van der Waals surface area contributed by atoms with E-state index in [0.29, 0.717) is 59.4 Å². The second-order valence-electron chi connectivity index (χ2n) is 34.5. The van der Waals surface area contributed by atoms with Gasteiger partial charge in [-0.3, -0.25) is 46.8 Å². The molecular formula is C91H92Br5ClF3N15O12S11. The number of hydrogen-bond acceptors (Lipinski definition) is 27. The highest BCUT2D eigenvalue weighted by Gasteiger charge is 2.40. The van der Waals surface area contributed by atoms with Crippen LogP contribution in [0.3, 0.4) is 0 Å². The predicted molar refractivity (Wildman–Crippen MR) is 558 cm³/mol. The van der Waals surface area contributed by atoms with E-state index in [0.717, 1.165) is 186 Å². The van der Waals surface area contributed by atoms with Gasteiger partial charge >= 0.3 is 36.0 Å². The number of sulfone groups is 1.